The molecule has 1 saturated heterocycles. The first-order valence-corrected chi connectivity index (χ1v) is 13.8. The van der Waals surface area contributed by atoms with Crippen molar-refractivity contribution in [2.75, 3.05) is 37.4 Å². The lowest BCUT2D eigenvalue weighted by atomic mass is 9.95. The van der Waals surface area contributed by atoms with Gasteiger partial charge in [0.2, 0.25) is 26.0 Å². The van der Waals surface area contributed by atoms with Crippen molar-refractivity contribution in [3.8, 4) is 0 Å². The minimum Gasteiger partial charge on any atom is -0.379 e. The van der Waals surface area contributed by atoms with Gasteiger partial charge in [-0.1, -0.05) is 30.3 Å². The van der Waals surface area contributed by atoms with Gasteiger partial charge in [0.05, 0.1) is 23.9 Å². The lowest BCUT2D eigenvalue weighted by Crippen LogP contribution is -2.51. The van der Waals surface area contributed by atoms with E-state index in [2.05, 4.69) is 5.32 Å². The third-order valence-electron chi connectivity index (χ3n) is 5.94. The lowest BCUT2D eigenvalue weighted by Gasteiger charge is -2.34. The van der Waals surface area contributed by atoms with Gasteiger partial charge in [-0.2, -0.15) is 8.61 Å². The Bertz CT molecular complexity index is 1240. The topological polar surface area (TPSA) is 113 Å². The second kappa shape index (κ2) is 9.51. The van der Waals surface area contributed by atoms with Crippen LogP contribution in [0.25, 0.3) is 0 Å². The highest BCUT2D eigenvalue weighted by Gasteiger charge is 2.38. The third kappa shape index (κ3) is 4.97. The Morgan fingerprint density at radius 3 is 2.42 bits per heavy atom. The maximum atomic E-state index is 13.2. The van der Waals surface area contributed by atoms with Gasteiger partial charge >= 0.3 is 0 Å². The highest BCUT2D eigenvalue weighted by molar-refractivity contribution is 7.89. The molecule has 1 amide bonds. The third-order valence-corrected chi connectivity index (χ3v) is 9.66. The molecule has 0 saturated carbocycles. The Kier molecular flexibility index (Phi) is 6.87. The van der Waals surface area contributed by atoms with E-state index in [-0.39, 0.29) is 36.7 Å². The van der Waals surface area contributed by atoms with Crippen molar-refractivity contribution in [2.45, 2.75) is 30.8 Å². The number of ether oxygens (including phenoxy) is 1. The van der Waals surface area contributed by atoms with Gasteiger partial charge < -0.3 is 10.1 Å². The van der Waals surface area contributed by atoms with Crippen molar-refractivity contribution in [3.63, 3.8) is 0 Å². The van der Waals surface area contributed by atoms with Gasteiger partial charge in [0.1, 0.15) is 6.04 Å². The van der Waals surface area contributed by atoms with Gasteiger partial charge in [0, 0.05) is 25.3 Å². The number of nitrogens with zero attached hydrogens (tertiary/aromatic N) is 2. The molecule has 0 aliphatic carbocycles. The summed E-state index contributed by atoms with van der Waals surface area (Å²) in [5, 5.41) is 2.73. The van der Waals surface area contributed by atoms with Crippen molar-refractivity contribution in [3.05, 3.63) is 59.7 Å². The Hall–Kier alpha value is -2.31. The number of benzene rings is 2. The number of fused-ring (bicyclic) bond motifs is 1. The van der Waals surface area contributed by atoms with Crippen molar-refractivity contribution in [2.24, 2.45) is 0 Å². The fraction of sp³-hybridized carbons (Fsp3) is 0.409. The molecule has 2 heterocycles. The van der Waals surface area contributed by atoms with E-state index in [0.717, 1.165) is 11.1 Å². The first-order valence-electron chi connectivity index (χ1n) is 10.8. The summed E-state index contributed by atoms with van der Waals surface area (Å²) >= 11 is 0. The second-order valence-electron chi connectivity index (χ2n) is 7.97. The first-order chi connectivity index (χ1) is 15.7. The monoisotopic (exact) mass is 493 g/mol. The van der Waals surface area contributed by atoms with E-state index in [9.17, 15) is 21.6 Å². The van der Waals surface area contributed by atoms with Crippen LogP contribution >= 0.6 is 0 Å². The summed E-state index contributed by atoms with van der Waals surface area (Å²) in [6.07, 6.45) is 0.243. The molecule has 33 heavy (non-hydrogen) atoms. The number of rotatable bonds is 6. The zero-order chi connectivity index (χ0) is 23.6. The zero-order valence-electron chi connectivity index (χ0n) is 18.3. The average molecular weight is 494 g/mol. The van der Waals surface area contributed by atoms with Crippen LogP contribution < -0.4 is 5.32 Å². The van der Waals surface area contributed by atoms with E-state index >= 15 is 0 Å². The van der Waals surface area contributed by atoms with Gasteiger partial charge in [0.15, 0.2) is 0 Å². The van der Waals surface area contributed by atoms with E-state index in [1.54, 1.807) is 19.1 Å². The molecule has 178 valence electrons. The molecule has 2 aromatic rings. The maximum absolute atomic E-state index is 13.2. The average Bonchev–Trinajstić information content (AvgIpc) is 2.84. The molecular weight excluding hydrogens is 466 g/mol. The van der Waals surface area contributed by atoms with Crippen LogP contribution in [0.1, 0.15) is 18.1 Å². The number of carbonyl (C=O) groups excluding carboxylic acids is 1. The van der Waals surface area contributed by atoms with Gasteiger partial charge in [-0.15, -0.1) is 0 Å². The van der Waals surface area contributed by atoms with Crippen LogP contribution in [-0.4, -0.2) is 69.5 Å². The predicted octanol–water partition coefficient (Wildman–Crippen LogP) is 1.42. The fourth-order valence-corrected chi connectivity index (χ4v) is 6.76. The summed E-state index contributed by atoms with van der Waals surface area (Å²) in [5.41, 5.74) is 2.09. The zero-order valence-corrected chi connectivity index (χ0v) is 19.9. The number of morpholine rings is 1. The molecule has 2 aromatic carbocycles. The first kappa shape index (κ1) is 23.8. The number of amides is 1. The number of sulfonamides is 2. The quantitative estimate of drug-likeness (QED) is 0.651. The highest BCUT2D eigenvalue weighted by Crippen LogP contribution is 2.27. The minimum absolute atomic E-state index is 0.0641. The molecule has 2 aliphatic rings. The molecule has 1 N–H and O–H groups in total. The van der Waals surface area contributed by atoms with Crippen molar-refractivity contribution >= 4 is 31.6 Å². The number of anilines is 1. The molecule has 1 unspecified atom stereocenters. The summed E-state index contributed by atoms with van der Waals surface area (Å²) in [6, 6.07) is 12.6. The van der Waals surface area contributed by atoms with E-state index in [1.807, 2.05) is 24.3 Å². The molecule has 11 heteroatoms. The Morgan fingerprint density at radius 2 is 1.73 bits per heavy atom. The summed E-state index contributed by atoms with van der Waals surface area (Å²) in [6.45, 7) is 2.87. The fourth-order valence-electron chi connectivity index (χ4n) is 4.08. The van der Waals surface area contributed by atoms with Crippen molar-refractivity contribution in [1.29, 1.82) is 0 Å². The predicted molar refractivity (Wildman–Crippen MR) is 124 cm³/mol. The van der Waals surface area contributed by atoms with E-state index in [0.29, 0.717) is 18.9 Å². The standard InChI is InChI=1S/C22H27N3O6S2/c1-2-32(27,28)25-16-18-7-4-3-6-17(18)14-21(25)22(26)23-19-8-5-9-20(15-19)33(29,30)24-10-12-31-13-11-24/h3-9,15,21H,2,10-14,16H2,1H3,(H,23,26). The largest absolute Gasteiger partial charge is 0.379 e. The van der Waals surface area contributed by atoms with E-state index in [1.165, 1.54) is 20.7 Å². The highest BCUT2D eigenvalue weighted by atomic mass is 32.2. The van der Waals surface area contributed by atoms with Gasteiger partial charge in [-0.25, -0.2) is 16.8 Å². The molecular formula is C22H27N3O6S2. The van der Waals surface area contributed by atoms with Crippen LogP contribution in [0.3, 0.4) is 0 Å². The second-order valence-corrected chi connectivity index (χ2v) is 12.1. The SMILES string of the molecule is CCS(=O)(=O)N1Cc2ccccc2CC1C(=O)Nc1cccc(S(=O)(=O)N2CCOCC2)c1. The molecule has 2 aliphatic heterocycles. The Labute approximate surface area is 194 Å². The molecule has 1 fully saturated rings. The van der Waals surface area contributed by atoms with Gasteiger partial charge in [-0.05, 0) is 42.7 Å². The smallest absolute Gasteiger partial charge is 0.243 e. The minimum atomic E-state index is -3.73. The lowest BCUT2D eigenvalue weighted by molar-refractivity contribution is -0.120. The summed E-state index contributed by atoms with van der Waals surface area (Å²) in [4.78, 5) is 13.3. The molecule has 0 bridgehead atoms. The maximum Gasteiger partial charge on any atom is 0.243 e. The van der Waals surface area contributed by atoms with Gasteiger partial charge in [-0.3, -0.25) is 4.79 Å². The van der Waals surface area contributed by atoms with Crippen molar-refractivity contribution in [1.82, 2.24) is 8.61 Å². The van der Waals surface area contributed by atoms with Crippen LogP contribution in [0.5, 0.6) is 0 Å². The molecule has 9 nitrogen and oxygen atoms in total. The van der Waals surface area contributed by atoms with Crippen LogP contribution in [-0.2, 0) is 42.5 Å². The van der Waals surface area contributed by atoms with E-state index < -0.39 is 32.0 Å². The number of hydrogen-bond donors (Lipinski definition) is 1. The van der Waals surface area contributed by atoms with E-state index in [4.69, 9.17) is 4.74 Å². The van der Waals surface area contributed by atoms with Crippen LogP contribution in [0.2, 0.25) is 0 Å². The van der Waals surface area contributed by atoms with Gasteiger partial charge in [0.25, 0.3) is 0 Å². The molecule has 1 atom stereocenters. The Morgan fingerprint density at radius 1 is 1.03 bits per heavy atom. The van der Waals surface area contributed by atoms with Crippen LogP contribution in [0, 0.1) is 0 Å². The van der Waals surface area contributed by atoms with Crippen LogP contribution in [0.15, 0.2) is 53.4 Å². The number of nitrogens with one attached hydrogen (secondary N) is 1. The summed E-state index contributed by atoms with van der Waals surface area (Å²) in [5.74, 6) is -0.617. The normalized spacial score (nSPS) is 20.2. The molecule has 0 aromatic heterocycles. The molecule has 4 rings (SSSR count). The van der Waals surface area contributed by atoms with Crippen LogP contribution in [0.4, 0.5) is 5.69 Å². The Balaban J connectivity index is 1.59. The number of hydrogen-bond acceptors (Lipinski definition) is 6. The van der Waals surface area contributed by atoms with Crippen molar-refractivity contribution < 1.29 is 26.4 Å². The number of carbonyl (C=O) groups is 1. The molecule has 0 spiro atoms. The molecule has 0 radical (unpaired) electrons. The summed E-state index contributed by atoms with van der Waals surface area (Å²) in [7, 11) is -7.37. The summed E-state index contributed by atoms with van der Waals surface area (Å²) < 4.78 is 59.2.